The molecule has 0 radical (unpaired) electrons. The average Bonchev–Trinajstić information content (AvgIpc) is 2.18. The number of rotatable bonds is 4. The summed E-state index contributed by atoms with van der Waals surface area (Å²) in [7, 11) is 0. The second-order valence-corrected chi connectivity index (χ2v) is 4.52. The molecule has 1 rings (SSSR count). The molecule has 2 nitrogen and oxygen atoms in total. The Morgan fingerprint density at radius 2 is 1.92 bits per heavy atom. The molecule has 0 aromatic rings. The van der Waals surface area contributed by atoms with E-state index in [0.29, 0.717) is 6.04 Å². The van der Waals surface area contributed by atoms with Crippen molar-refractivity contribution in [3.8, 4) is 0 Å². The van der Waals surface area contributed by atoms with Gasteiger partial charge in [0.1, 0.15) is 0 Å². The van der Waals surface area contributed by atoms with Gasteiger partial charge in [0.05, 0.1) is 0 Å². The fraction of sp³-hybridized carbons (Fsp3) is 1.00. The van der Waals surface area contributed by atoms with E-state index in [1.165, 1.54) is 38.5 Å². The zero-order valence-corrected chi connectivity index (χ0v) is 9.05. The first-order chi connectivity index (χ1) is 6.27. The van der Waals surface area contributed by atoms with E-state index in [2.05, 4.69) is 19.3 Å². The predicted molar refractivity (Wildman–Crippen MR) is 57.1 cm³/mol. The zero-order valence-electron chi connectivity index (χ0n) is 9.05. The maximum atomic E-state index is 5.45. The van der Waals surface area contributed by atoms with Gasteiger partial charge in [-0.3, -0.25) is 11.3 Å². The first-order valence-corrected chi connectivity index (χ1v) is 5.74. The lowest BCUT2D eigenvalue weighted by Gasteiger charge is -2.31. The molecule has 0 heterocycles. The Balaban J connectivity index is 2.22. The first kappa shape index (κ1) is 11.0. The molecule has 2 heteroatoms. The van der Waals surface area contributed by atoms with Crippen LogP contribution >= 0.6 is 0 Å². The van der Waals surface area contributed by atoms with E-state index in [4.69, 9.17) is 5.84 Å². The molecule has 0 aromatic carbocycles. The van der Waals surface area contributed by atoms with Crippen molar-refractivity contribution in [1.29, 1.82) is 0 Å². The van der Waals surface area contributed by atoms with Crippen molar-refractivity contribution < 1.29 is 0 Å². The van der Waals surface area contributed by atoms with Gasteiger partial charge in [0.2, 0.25) is 0 Å². The van der Waals surface area contributed by atoms with E-state index in [1.807, 2.05) is 0 Å². The maximum Gasteiger partial charge on any atom is 0.0210 e. The van der Waals surface area contributed by atoms with Gasteiger partial charge in [-0.1, -0.05) is 32.6 Å². The number of hydrogen-bond acceptors (Lipinski definition) is 2. The van der Waals surface area contributed by atoms with Gasteiger partial charge in [0, 0.05) is 6.04 Å². The third kappa shape index (κ3) is 3.28. The number of hydrazine groups is 1. The summed E-state index contributed by atoms with van der Waals surface area (Å²) in [5.74, 6) is 7.27. The van der Waals surface area contributed by atoms with E-state index in [0.717, 1.165) is 11.8 Å². The third-order valence-corrected chi connectivity index (χ3v) is 3.56. The fourth-order valence-corrected chi connectivity index (χ4v) is 2.52. The van der Waals surface area contributed by atoms with Crippen molar-refractivity contribution in [3.63, 3.8) is 0 Å². The van der Waals surface area contributed by atoms with Crippen LogP contribution < -0.4 is 11.3 Å². The van der Waals surface area contributed by atoms with Gasteiger partial charge in [-0.2, -0.15) is 0 Å². The number of hydrogen-bond donors (Lipinski definition) is 2. The fourth-order valence-electron chi connectivity index (χ4n) is 2.52. The van der Waals surface area contributed by atoms with Gasteiger partial charge in [0.15, 0.2) is 0 Å². The Labute approximate surface area is 82.2 Å². The van der Waals surface area contributed by atoms with Gasteiger partial charge < -0.3 is 0 Å². The molecule has 0 bridgehead atoms. The Morgan fingerprint density at radius 1 is 1.31 bits per heavy atom. The van der Waals surface area contributed by atoms with E-state index >= 15 is 0 Å². The van der Waals surface area contributed by atoms with Crippen molar-refractivity contribution >= 4 is 0 Å². The van der Waals surface area contributed by atoms with Crippen molar-refractivity contribution in [1.82, 2.24) is 5.43 Å². The van der Waals surface area contributed by atoms with Gasteiger partial charge in [0.25, 0.3) is 0 Å². The van der Waals surface area contributed by atoms with Gasteiger partial charge in [-0.05, 0) is 31.6 Å². The molecule has 0 aromatic heterocycles. The van der Waals surface area contributed by atoms with Crippen molar-refractivity contribution in [3.05, 3.63) is 0 Å². The van der Waals surface area contributed by atoms with Gasteiger partial charge >= 0.3 is 0 Å². The molecule has 1 aliphatic rings. The molecule has 0 saturated heterocycles. The Kier molecular flexibility index (Phi) is 4.74. The lowest BCUT2D eigenvalue weighted by molar-refractivity contribution is 0.222. The molecular formula is C11H24N2. The highest BCUT2D eigenvalue weighted by Gasteiger charge is 2.23. The SMILES string of the molecule is CCCC1CCC(C(C)NN)CC1. The molecular weight excluding hydrogens is 160 g/mol. The monoisotopic (exact) mass is 184 g/mol. The van der Waals surface area contributed by atoms with E-state index in [1.54, 1.807) is 0 Å². The van der Waals surface area contributed by atoms with E-state index in [-0.39, 0.29) is 0 Å². The van der Waals surface area contributed by atoms with Crippen LogP contribution in [0.3, 0.4) is 0 Å². The minimum atomic E-state index is 0.502. The third-order valence-electron chi connectivity index (χ3n) is 3.56. The second-order valence-electron chi connectivity index (χ2n) is 4.52. The van der Waals surface area contributed by atoms with Crippen molar-refractivity contribution in [2.24, 2.45) is 17.7 Å². The molecule has 0 amide bonds. The molecule has 3 N–H and O–H groups in total. The lowest BCUT2D eigenvalue weighted by atomic mass is 9.77. The minimum absolute atomic E-state index is 0.502. The van der Waals surface area contributed by atoms with Gasteiger partial charge in [-0.15, -0.1) is 0 Å². The summed E-state index contributed by atoms with van der Waals surface area (Å²) in [4.78, 5) is 0. The van der Waals surface area contributed by atoms with Crippen LogP contribution in [-0.2, 0) is 0 Å². The smallest absolute Gasteiger partial charge is 0.0210 e. The van der Waals surface area contributed by atoms with Crippen LogP contribution in [0.4, 0.5) is 0 Å². The number of nitrogens with one attached hydrogen (secondary N) is 1. The summed E-state index contributed by atoms with van der Waals surface area (Å²) in [6.45, 7) is 4.49. The summed E-state index contributed by atoms with van der Waals surface area (Å²) < 4.78 is 0. The maximum absolute atomic E-state index is 5.45. The van der Waals surface area contributed by atoms with Crippen LogP contribution in [0.1, 0.15) is 52.4 Å². The standard InChI is InChI=1S/C11H24N2/c1-3-4-10-5-7-11(8-6-10)9(2)13-12/h9-11,13H,3-8,12H2,1-2H3. The molecule has 1 atom stereocenters. The largest absolute Gasteiger partial charge is 0.271 e. The highest BCUT2D eigenvalue weighted by atomic mass is 15.2. The summed E-state index contributed by atoms with van der Waals surface area (Å²) in [5.41, 5.74) is 2.88. The summed E-state index contributed by atoms with van der Waals surface area (Å²) >= 11 is 0. The summed E-state index contributed by atoms with van der Waals surface area (Å²) in [5, 5.41) is 0. The first-order valence-electron chi connectivity index (χ1n) is 5.74. The molecule has 1 unspecified atom stereocenters. The lowest BCUT2D eigenvalue weighted by Crippen LogP contribution is -2.39. The Morgan fingerprint density at radius 3 is 2.38 bits per heavy atom. The minimum Gasteiger partial charge on any atom is -0.271 e. The molecule has 1 fully saturated rings. The predicted octanol–water partition coefficient (Wildman–Crippen LogP) is 2.44. The summed E-state index contributed by atoms with van der Waals surface area (Å²) in [6, 6.07) is 0.502. The topological polar surface area (TPSA) is 38.0 Å². The molecule has 1 saturated carbocycles. The zero-order chi connectivity index (χ0) is 9.68. The normalized spacial score (nSPS) is 31.6. The average molecular weight is 184 g/mol. The quantitative estimate of drug-likeness (QED) is 0.520. The highest BCUT2D eigenvalue weighted by molar-refractivity contribution is 4.77. The van der Waals surface area contributed by atoms with E-state index in [9.17, 15) is 0 Å². The van der Waals surface area contributed by atoms with Gasteiger partial charge in [-0.25, -0.2) is 0 Å². The van der Waals surface area contributed by atoms with Crippen LogP contribution in [0.5, 0.6) is 0 Å². The molecule has 0 spiro atoms. The number of nitrogens with two attached hydrogens (primary N) is 1. The molecule has 78 valence electrons. The van der Waals surface area contributed by atoms with E-state index < -0.39 is 0 Å². The van der Waals surface area contributed by atoms with Crippen LogP contribution in [0.2, 0.25) is 0 Å². The van der Waals surface area contributed by atoms with Crippen LogP contribution in [-0.4, -0.2) is 6.04 Å². The molecule has 1 aliphatic carbocycles. The van der Waals surface area contributed by atoms with Crippen molar-refractivity contribution in [2.45, 2.75) is 58.4 Å². The van der Waals surface area contributed by atoms with Crippen LogP contribution in [0.15, 0.2) is 0 Å². The second kappa shape index (κ2) is 5.61. The molecule has 0 aliphatic heterocycles. The van der Waals surface area contributed by atoms with Crippen LogP contribution in [0, 0.1) is 11.8 Å². The van der Waals surface area contributed by atoms with Crippen molar-refractivity contribution in [2.75, 3.05) is 0 Å². The summed E-state index contributed by atoms with van der Waals surface area (Å²) in [6.07, 6.45) is 8.36. The van der Waals surface area contributed by atoms with Crippen LogP contribution in [0.25, 0.3) is 0 Å². The molecule has 13 heavy (non-hydrogen) atoms. The Hall–Kier alpha value is -0.0800. The highest BCUT2D eigenvalue weighted by Crippen LogP contribution is 2.32. The Bertz CT molecular complexity index is 128.